The topological polar surface area (TPSA) is 27.7 Å². The van der Waals surface area contributed by atoms with Crippen molar-refractivity contribution in [3.05, 3.63) is 12.7 Å². The molecule has 162 valence electrons. The number of unbranched alkanes of at least 4 members (excludes halogenated alkanes) is 14. The Balaban J connectivity index is 3.38. The van der Waals surface area contributed by atoms with E-state index in [1.807, 2.05) is 19.9 Å². The van der Waals surface area contributed by atoms with Gasteiger partial charge in [-0.3, -0.25) is 0 Å². The third kappa shape index (κ3) is 16.5. The van der Waals surface area contributed by atoms with Gasteiger partial charge in [0, 0.05) is 26.4 Å². The van der Waals surface area contributed by atoms with Crippen LogP contribution in [-0.4, -0.2) is 29.1 Å². The van der Waals surface area contributed by atoms with E-state index in [0.717, 1.165) is 12.5 Å². The molecule has 0 aliphatic rings. The molecule has 0 atom stereocenters. The standard InChI is InChI=1S/C23H48O3Si/c1-5-8-9-10-11-12-13-14-15-16-17-18-19-20-21-22-23-27(24-4,25-6-2)26-7-3/h5H,1,6-23H2,2-4H3. The Morgan fingerprint density at radius 1 is 0.630 bits per heavy atom. The SMILES string of the molecule is C=CCCCCCCCCCCCCCCCC[Si](OC)(OCC)OCC. The van der Waals surface area contributed by atoms with Crippen LogP contribution in [0.25, 0.3) is 0 Å². The minimum absolute atomic E-state index is 0.676. The van der Waals surface area contributed by atoms with E-state index in [2.05, 4.69) is 6.58 Å². The molecular formula is C23H48O3Si. The van der Waals surface area contributed by atoms with E-state index >= 15 is 0 Å². The highest BCUT2D eigenvalue weighted by Gasteiger charge is 2.38. The van der Waals surface area contributed by atoms with E-state index in [1.165, 1.54) is 89.9 Å². The molecule has 0 aliphatic heterocycles. The molecule has 0 radical (unpaired) electrons. The van der Waals surface area contributed by atoms with Gasteiger partial charge in [0.1, 0.15) is 0 Å². The Hall–Kier alpha value is -0.163. The summed E-state index contributed by atoms with van der Waals surface area (Å²) in [6.45, 7) is 9.17. The first kappa shape index (κ1) is 26.8. The van der Waals surface area contributed by atoms with Crippen LogP contribution in [0.15, 0.2) is 12.7 Å². The zero-order chi connectivity index (χ0) is 20.1. The molecule has 0 aliphatic carbocycles. The zero-order valence-corrected chi connectivity index (χ0v) is 19.7. The molecule has 0 fully saturated rings. The molecule has 0 spiro atoms. The third-order valence-electron chi connectivity index (χ3n) is 5.18. The van der Waals surface area contributed by atoms with Crippen molar-refractivity contribution in [2.24, 2.45) is 0 Å². The van der Waals surface area contributed by atoms with Crippen molar-refractivity contribution in [3.8, 4) is 0 Å². The fraction of sp³-hybridized carbons (Fsp3) is 0.913. The summed E-state index contributed by atoms with van der Waals surface area (Å²) in [5.41, 5.74) is 0. The molecule has 27 heavy (non-hydrogen) atoms. The predicted molar refractivity (Wildman–Crippen MR) is 120 cm³/mol. The summed E-state index contributed by atoms with van der Waals surface area (Å²) in [5.74, 6) is 0. The maximum Gasteiger partial charge on any atom is 0.500 e. The van der Waals surface area contributed by atoms with Gasteiger partial charge in [0.05, 0.1) is 0 Å². The minimum atomic E-state index is -2.38. The van der Waals surface area contributed by atoms with Gasteiger partial charge in [-0.1, -0.05) is 83.1 Å². The first-order chi connectivity index (χ1) is 13.2. The van der Waals surface area contributed by atoms with Crippen LogP contribution in [0.3, 0.4) is 0 Å². The highest BCUT2D eigenvalue weighted by Crippen LogP contribution is 2.20. The van der Waals surface area contributed by atoms with Crippen molar-refractivity contribution >= 4 is 8.80 Å². The second-order valence-electron chi connectivity index (χ2n) is 7.53. The molecule has 0 aromatic heterocycles. The van der Waals surface area contributed by atoms with Crippen molar-refractivity contribution in [1.82, 2.24) is 0 Å². The molecule has 0 saturated heterocycles. The maximum atomic E-state index is 5.83. The van der Waals surface area contributed by atoms with Gasteiger partial charge in [0.2, 0.25) is 0 Å². The summed E-state index contributed by atoms with van der Waals surface area (Å²) in [5, 5.41) is 0. The predicted octanol–water partition coefficient (Wildman–Crippen LogP) is 7.68. The molecule has 0 aromatic rings. The van der Waals surface area contributed by atoms with Gasteiger partial charge in [0.15, 0.2) is 0 Å². The van der Waals surface area contributed by atoms with E-state index in [4.69, 9.17) is 13.3 Å². The second kappa shape index (κ2) is 20.6. The highest BCUT2D eigenvalue weighted by atomic mass is 28.4. The number of hydrogen-bond donors (Lipinski definition) is 0. The van der Waals surface area contributed by atoms with Crippen LogP contribution >= 0.6 is 0 Å². The maximum absolute atomic E-state index is 5.83. The van der Waals surface area contributed by atoms with Crippen LogP contribution in [0.1, 0.15) is 110 Å². The molecular weight excluding hydrogens is 352 g/mol. The zero-order valence-electron chi connectivity index (χ0n) is 18.7. The van der Waals surface area contributed by atoms with Gasteiger partial charge >= 0.3 is 8.80 Å². The van der Waals surface area contributed by atoms with E-state index in [9.17, 15) is 0 Å². The molecule has 3 nitrogen and oxygen atoms in total. The number of rotatable bonds is 22. The van der Waals surface area contributed by atoms with Crippen LogP contribution in [0.2, 0.25) is 6.04 Å². The molecule has 0 unspecified atom stereocenters. The normalized spacial score (nSPS) is 11.8. The summed E-state index contributed by atoms with van der Waals surface area (Å²) in [6, 6.07) is 0.957. The summed E-state index contributed by atoms with van der Waals surface area (Å²) in [4.78, 5) is 0. The summed E-state index contributed by atoms with van der Waals surface area (Å²) in [7, 11) is -0.644. The van der Waals surface area contributed by atoms with Gasteiger partial charge in [-0.25, -0.2) is 0 Å². The summed E-state index contributed by atoms with van der Waals surface area (Å²) < 4.78 is 17.3. The smallest absolute Gasteiger partial charge is 0.377 e. The molecule has 0 N–H and O–H groups in total. The molecule has 0 amide bonds. The molecule has 4 heteroatoms. The van der Waals surface area contributed by atoms with Gasteiger partial charge < -0.3 is 13.3 Å². The van der Waals surface area contributed by atoms with E-state index < -0.39 is 8.80 Å². The van der Waals surface area contributed by atoms with Gasteiger partial charge in [0.25, 0.3) is 0 Å². The van der Waals surface area contributed by atoms with Crippen LogP contribution < -0.4 is 0 Å². The van der Waals surface area contributed by atoms with Crippen molar-refractivity contribution in [2.45, 2.75) is 116 Å². The first-order valence-corrected chi connectivity index (χ1v) is 13.6. The molecule has 0 aromatic carbocycles. The van der Waals surface area contributed by atoms with Crippen LogP contribution in [0.5, 0.6) is 0 Å². The lowest BCUT2D eigenvalue weighted by molar-refractivity contribution is 0.0859. The van der Waals surface area contributed by atoms with Crippen molar-refractivity contribution in [2.75, 3.05) is 20.3 Å². The second-order valence-corrected chi connectivity index (χ2v) is 10.4. The summed E-state index contributed by atoms with van der Waals surface area (Å²) in [6.07, 6.45) is 22.4. The summed E-state index contributed by atoms with van der Waals surface area (Å²) >= 11 is 0. The van der Waals surface area contributed by atoms with Gasteiger partial charge in [-0.15, -0.1) is 6.58 Å². The molecule has 0 saturated carbocycles. The Morgan fingerprint density at radius 3 is 1.33 bits per heavy atom. The lowest BCUT2D eigenvalue weighted by atomic mass is 10.0. The Bertz CT molecular complexity index is 304. The van der Waals surface area contributed by atoms with Crippen molar-refractivity contribution in [3.63, 3.8) is 0 Å². The molecule has 0 heterocycles. The minimum Gasteiger partial charge on any atom is -0.377 e. The Labute approximate surface area is 171 Å². The average Bonchev–Trinajstić information content (AvgIpc) is 2.68. The third-order valence-corrected chi connectivity index (χ3v) is 8.23. The fourth-order valence-electron chi connectivity index (χ4n) is 3.60. The molecule has 0 rings (SSSR count). The monoisotopic (exact) mass is 400 g/mol. The van der Waals surface area contributed by atoms with Gasteiger partial charge in [-0.05, 0) is 33.1 Å². The van der Waals surface area contributed by atoms with E-state index in [0.29, 0.717) is 13.2 Å². The quantitative estimate of drug-likeness (QED) is 0.106. The molecule has 0 bridgehead atoms. The van der Waals surface area contributed by atoms with E-state index in [-0.39, 0.29) is 0 Å². The van der Waals surface area contributed by atoms with Crippen molar-refractivity contribution < 1.29 is 13.3 Å². The van der Waals surface area contributed by atoms with E-state index in [1.54, 1.807) is 7.11 Å². The average molecular weight is 401 g/mol. The number of allylic oxidation sites excluding steroid dienone is 1. The van der Waals surface area contributed by atoms with Crippen LogP contribution in [0.4, 0.5) is 0 Å². The largest absolute Gasteiger partial charge is 0.500 e. The van der Waals surface area contributed by atoms with Crippen molar-refractivity contribution in [1.29, 1.82) is 0 Å². The lowest BCUT2D eigenvalue weighted by Crippen LogP contribution is -2.44. The lowest BCUT2D eigenvalue weighted by Gasteiger charge is -2.27. The first-order valence-electron chi connectivity index (χ1n) is 11.7. The Kier molecular flexibility index (Phi) is 20.4. The van der Waals surface area contributed by atoms with Gasteiger partial charge in [-0.2, -0.15) is 0 Å². The number of hydrogen-bond acceptors (Lipinski definition) is 3. The van der Waals surface area contributed by atoms with Crippen LogP contribution in [0, 0.1) is 0 Å². The Morgan fingerprint density at radius 2 is 1.00 bits per heavy atom. The fourth-order valence-corrected chi connectivity index (χ4v) is 5.97. The highest BCUT2D eigenvalue weighted by molar-refractivity contribution is 6.60. The van der Waals surface area contributed by atoms with Crippen LogP contribution in [-0.2, 0) is 13.3 Å².